The first-order chi connectivity index (χ1) is 25.6. The average molecular weight is 664 g/mol. The first-order valence-corrected chi connectivity index (χ1v) is 18.2. The van der Waals surface area contributed by atoms with E-state index in [1.807, 2.05) is 0 Å². The van der Waals surface area contributed by atoms with Crippen LogP contribution in [0.5, 0.6) is 0 Å². The molecule has 0 unspecified atom stereocenters. The number of fused-ring (bicyclic) bond motifs is 10. The molecular formula is C51H37N. The van der Waals surface area contributed by atoms with Crippen molar-refractivity contribution >= 4 is 17.1 Å². The normalized spacial score (nSPS) is 13.0. The Kier molecular flexibility index (Phi) is 6.91. The Morgan fingerprint density at radius 2 is 0.788 bits per heavy atom. The molecule has 1 spiro atoms. The summed E-state index contributed by atoms with van der Waals surface area (Å²) < 4.78 is 0. The highest BCUT2D eigenvalue weighted by atomic mass is 15.1. The number of anilines is 3. The minimum absolute atomic E-state index is 0.410. The summed E-state index contributed by atoms with van der Waals surface area (Å²) in [7, 11) is 0. The predicted molar refractivity (Wildman–Crippen MR) is 218 cm³/mol. The third-order valence-electron chi connectivity index (χ3n) is 11.4. The van der Waals surface area contributed by atoms with E-state index in [-0.39, 0.29) is 0 Å². The lowest BCUT2D eigenvalue weighted by Crippen LogP contribution is -2.26. The van der Waals surface area contributed by atoms with E-state index in [0.717, 1.165) is 17.1 Å². The van der Waals surface area contributed by atoms with E-state index < -0.39 is 5.41 Å². The van der Waals surface area contributed by atoms with Gasteiger partial charge in [-0.25, -0.2) is 0 Å². The van der Waals surface area contributed by atoms with Crippen LogP contribution < -0.4 is 4.90 Å². The molecule has 10 rings (SSSR count). The Labute approximate surface area is 306 Å². The highest BCUT2D eigenvalue weighted by molar-refractivity contribution is 5.96. The van der Waals surface area contributed by atoms with Gasteiger partial charge in [0, 0.05) is 17.1 Å². The van der Waals surface area contributed by atoms with Crippen molar-refractivity contribution in [1.29, 1.82) is 0 Å². The average Bonchev–Trinajstić information content (AvgIpc) is 3.67. The van der Waals surface area contributed by atoms with Crippen LogP contribution in [0.4, 0.5) is 17.1 Å². The maximum atomic E-state index is 2.48. The zero-order valence-corrected chi connectivity index (χ0v) is 29.3. The Hall–Kier alpha value is -6.44. The van der Waals surface area contributed by atoms with Gasteiger partial charge in [0.2, 0.25) is 0 Å². The molecule has 0 aliphatic heterocycles. The van der Waals surface area contributed by atoms with Gasteiger partial charge >= 0.3 is 0 Å². The summed E-state index contributed by atoms with van der Waals surface area (Å²) in [6.45, 7) is 4.43. The van der Waals surface area contributed by atoms with Gasteiger partial charge in [-0.15, -0.1) is 0 Å². The smallest absolute Gasteiger partial charge is 0.0726 e. The van der Waals surface area contributed by atoms with Gasteiger partial charge in [0.15, 0.2) is 0 Å². The summed E-state index contributed by atoms with van der Waals surface area (Å²) in [5.74, 6) is 0. The Morgan fingerprint density at radius 3 is 1.44 bits per heavy atom. The number of aryl methyl sites for hydroxylation is 2. The summed E-state index contributed by atoms with van der Waals surface area (Å²) in [5.41, 5.74) is 21.1. The molecule has 2 aliphatic rings. The van der Waals surface area contributed by atoms with Crippen LogP contribution >= 0.6 is 0 Å². The van der Waals surface area contributed by atoms with Gasteiger partial charge in [-0.1, -0.05) is 152 Å². The minimum atomic E-state index is -0.410. The van der Waals surface area contributed by atoms with Gasteiger partial charge in [0.25, 0.3) is 0 Å². The molecule has 2 aliphatic carbocycles. The highest BCUT2D eigenvalue weighted by Crippen LogP contribution is 2.63. The quantitative estimate of drug-likeness (QED) is 0.177. The van der Waals surface area contributed by atoms with Crippen LogP contribution in [0.25, 0.3) is 44.5 Å². The van der Waals surface area contributed by atoms with Crippen molar-refractivity contribution < 1.29 is 0 Å². The third-order valence-corrected chi connectivity index (χ3v) is 11.4. The van der Waals surface area contributed by atoms with Gasteiger partial charge in [-0.05, 0) is 128 Å². The summed E-state index contributed by atoms with van der Waals surface area (Å²) in [5, 5.41) is 0. The van der Waals surface area contributed by atoms with E-state index in [0.29, 0.717) is 0 Å². The van der Waals surface area contributed by atoms with Crippen LogP contribution in [-0.4, -0.2) is 0 Å². The number of hydrogen-bond donors (Lipinski definition) is 0. The molecule has 0 aromatic heterocycles. The monoisotopic (exact) mass is 663 g/mol. The molecule has 0 atom stereocenters. The molecule has 8 aromatic rings. The predicted octanol–water partition coefficient (Wildman–Crippen LogP) is 13.5. The van der Waals surface area contributed by atoms with E-state index in [1.165, 1.54) is 77.9 Å². The van der Waals surface area contributed by atoms with Crippen LogP contribution in [0.1, 0.15) is 33.4 Å². The second-order valence-corrected chi connectivity index (χ2v) is 14.2. The lowest BCUT2D eigenvalue weighted by atomic mass is 9.70. The van der Waals surface area contributed by atoms with Crippen LogP contribution in [0.3, 0.4) is 0 Å². The van der Waals surface area contributed by atoms with Gasteiger partial charge in [-0.2, -0.15) is 0 Å². The Balaban J connectivity index is 1.24. The maximum Gasteiger partial charge on any atom is 0.0726 e. The largest absolute Gasteiger partial charge is 0.310 e. The first kappa shape index (κ1) is 30.4. The number of rotatable bonds is 5. The molecule has 0 saturated carbocycles. The van der Waals surface area contributed by atoms with Crippen molar-refractivity contribution in [2.24, 2.45) is 0 Å². The van der Waals surface area contributed by atoms with Crippen LogP contribution in [-0.2, 0) is 5.41 Å². The topological polar surface area (TPSA) is 3.24 Å². The molecule has 8 aromatic carbocycles. The van der Waals surface area contributed by atoms with Gasteiger partial charge in [0.1, 0.15) is 0 Å². The van der Waals surface area contributed by atoms with E-state index in [1.54, 1.807) is 0 Å². The van der Waals surface area contributed by atoms with E-state index >= 15 is 0 Å². The molecule has 1 nitrogen and oxygen atoms in total. The van der Waals surface area contributed by atoms with E-state index in [2.05, 4.69) is 207 Å². The van der Waals surface area contributed by atoms with Crippen molar-refractivity contribution in [2.45, 2.75) is 19.3 Å². The molecule has 0 radical (unpaired) electrons. The fourth-order valence-electron chi connectivity index (χ4n) is 9.04. The van der Waals surface area contributed by atoms with Crippen molar-refractivity contribution in [1.82, 2.24) is 0 Å². The SMILES string of the molecule is Cc1ccccc1-c1cc(N(c2cccc(-c3ccccc3)c2)c2ccc3c(c2)C2(c4ccccc4-c4ccccc42)c2ccccc2-3)ccc1C. The van der Waals surface area contributed by atoms with Gasteiger partial charge < -0.3 is 4.90 Å². The molecule has 0 heterocycles. The number of hydrogen-bond acceptors (Lipinski definition) is 1. The van der Waals surface area contributed by atoms with Crippen molar-refractivity contribution in [3.05, 3.63) is 221 Å². The second kappa shape index (κ2) is 11.8. The summed E-state index contributed by atoms with van der Waals surface area (Å²) >= 11 is 0. The minimum Gasteiger partial charge on any atom is -0.310 e. The van der Waals surface area contributed by atoms with Crippen molar-refractivity contribution in [3.63, 3.8) is 0 Å². The number of benzene rings is 8. The second-order valence-electron chi connectivity index (χ2n) is 14.2. The molecule has 0 amide bonds. The van der Waals surface area contributed by atoms with Crippen molar-refractivity contribution in [2.75, 3.05) is 4.90 Å². The standard InChI is InChI=1S/C51H37N/c1-34-15-6-7-20-41(34)46-32-39(28-27-35(46)2)52(38-19-14-18-37(31-38)36-16-4-3-5-17-36)40-29-30-45-44-23-10-13-26-49(44)51(50(45)33-40)47-24-11-8-21-42(47)43-22-9-12-25-48(43)51/h3-33H,1-2H3. The zero-order valence-electron chi connectivity index (χ0n) is 29.3. The van der Waals surface area contributed by atoms with Gasteiger partial charge in [0.05, 0.1) is 5.41 Å². The summed E-state index contributed by atoms with van der Waals surface area (Å²) in [6, 6.07) is 69.6. The molecule has 0 saturated heterocycles. The van der Waals surface area contributed by atoms with Crippen molar-refractivity contribution in [3.8, 4) is 44.5 Å². The van der Waals surface area contributed by atoms with Gasteiger partial charge in [-0.3, -0.25) is 0 Å². The third kappa shape index (κ3) is 4.42. The lowest BCUT2D eigenvalue weighted by molar-refractivity contribution is 0.793. The summed E-state index contributed by atoms with van der Waals surface area (Å²) in [4.78, 5) is 2.46. The first-order valence-electron chi connectivity index (χ1n) is 18.2. The molecule has 1 heteroatoms. The van der Waals surface area contributed by atoms with Crippen LogP contribution in [0, 0.1) is 13.8 Å². The molecule has 0 N–H and O–H groups in total. The lowest BCUT2D eigenvalue weighted by Gasteiger charge is -2.32. The Bertz CT molecular complexity index is 2600. The maximum absolute atomic E-state index is 2.48. The fourth-order valence-corrected chi connectivity index (χ4v) is 9.04. The Morgan fingerprint density at radius 1 is 0.308 bits per heavy atom. The zero-order chi connectivity index (χ0) is 34.8. The summed E-state index contributed by atoms with van der Waals surface area (Å²) in [6.07, 6.45) is 0. The molecule has 52 heavy (non-hydrogen) atoms. The van der Waals surface area contributed by atoms with E-state index in [4.69, 9.17) is 0 Å². The fraction of sp³-hybridized carbons (Fsp3) is 0.0588. The highest BCUT2D eigenvalue weighted by Gasteiger charge is 2.51. The molecular weight excluding hydrogens is 627 g/mol. The molecule has 246 valence electrons. The molecule has 0 fully saturated rings. The van der Waals surface area contributed by atoms with Crippen LogP contribution in [0.2, 0.25) is 0 Å². The van der Waals surface area contributed by atoms with Crippen LogP contribution in [0.15, 0.2) is 188 Å². The molecule has 0 bridgehead atoms. The number of nitrogens with zero attached hydrogens (tertiary/aromatic N) is 1. The van der Waals surface area contributed by atoms with E-state index in [9.17, 15) is 0 Å².